The molecule has 19 heavy (non-hydrogen) atoms. The highest BCUT2D eigenvalue weighted by molar-refractivity contribution is 5.68. The Bertz CT molecular complexity index is 233. The predicted octanol–water partition coefficient (Wildman–Crippen LogP) is 5.27. The van der Waals surface area contributed by atoms with Crippen LogP contribution in [0.4, 0.5) is 0 Å². The average molecular weight is 268 g/mol. The number of rotatable bonds is 12. The van der Waals surface area contributed by atoms with Crippen molar-refractivity contribution >= 4 is 5.97 Å². The molecule has 112 valence electrons. The van der Waals surface area contributed by atoms with E-state index >= 15 is 0 Å². The van der Waals surface area contributed by atoms with Gasteiger partial charge in [-0.2, -0.15) is 0 Å². The summed E-state index contributed by atoms with van der Waals surface area (Å²) < 4.78 is 4.61. The van der Waals surface area contributed by atoms with Crippen LogP contribution in [-0.4, -0.2) is 13.1 Å². The third kappa shape index (κ3) is 13.4. The average Bonchev–Trinajstić information content (AvgIpc) is 2.43. The maximum absolute atomic E-state index is 10.9. The van der Waals surface area contributed by atoms with Crippen molar-refractivity contribution in [3.8, 4) is 0 Å². The molecule has 0 aromatic carbocycles. The number of ether oxygens (including phenoxy) is 1. The van der Waals surface area contributed by atoms with Crippen molar-refractivity contribution in [3.05, 3.63) is 12.2 Å². The molecule has 0 aromatic heterocycles. The topological polar surface area (TPSA) is 26.3 Å². The Hall–Kier alpha value is -0.790. The van der Waals surface area contributed by atoms with Crippen molar-refractivity contribution in [2.75, 3.05) is 7.11 Å². The Morgan fingerprint density at radius 1 is 1.05 bits per heavy atom. The first-order valence-electron chi connectivity index (χ1n) is 7.94. The van der Waals surface area contributed by atoms with Crippen molar-refractivity contribution in [2.45, 2.75) is 78.1 Å². The molecule has 0 aromatic rings. The van der Waals surface area contributed by atoms with E-state index < -0.39 is 0 Å². The second-order valence-corrected chi connectivity index (χ2v) is 5.40. The second kappa shape index (κ2) is 13.6. The molecule has 2 heteroatoms. The number of esters is 1. The van der Waals surface area contributed by atoms with E-state index in [1.807, 2.05) is 0 Å². The normalized spacial score (nSPS) is 12.8. The first kappa shape index (κ1) is 18.2. The Labute approximate surface area is 119 Å². The highest BCUT2D eigenvalue weighted by Gasteiger charge is 1.98. The van der Waals surface area contributed by atoms with E-state index in [-0.39, 0.29) is 5.97 Å². The van der Waals surface area contributed by atoms with Crippen molar-refractivity contribution in [2.24, 2.45) is 5.92 Å². The van der Waals surface area contributed by atoms with Gasteiger partial charge in [-0.15, -0.1) is 0 Å². The Balaban J connectivity index is 3.15. The minimum Gasteiger partial charge on any atom is -0.469 e. The summed E-state index contributed by atoms with van der Waals surface area (Å²) in [4.78, 5) is 10.9. The zero-order chi connectivity index (χ0) is 14.3. The van der Waals surface area contributed by atoms with Gasteiger partial charge in [0.2, 0.25) is 0 Å². The van der Waals surface area contributed by atoms with E-state index in [9.17, 15) is 4.79 Å². The maximum Gasteiger partial charge on any atom is 0.305 e. The zero-order valence-electron chi connectivity index (χ0n) is 13.1. The molecule has 0 aliphatic rings. The molecule has 0 radical (unpaired) electrons. The molecular formula is C17H32O2. The summed E-state index contributed by atoms with van der Waals surface area (Å²) in [7, 11) is 1.46. The van der Waals surface area contributed by atoms with Gasteiger partial charge in [-0.1, -0.05) is 64.5 Å². The first-order chi connectivity index (χ1) is 9.20. The van der Waals surface area contributed by atoms with Crippen molar-refractivity contribution in [1.29, 1.82) is 0 Å². The number of hydrogen-bond acceptors (Lipinski definition) is 2. The van der Waals surface area contributed by atoms with Crippen LogP contribution in [0.5, 0.6) is 0 Å². The van der Waals surface area contributed by atoms with Crippen molar-refractivity contribution < 1.29 is 9.53 Å². The highest BCUT2D eigenvalue weighted by atomic mass is 16.5. The molecular weight excluding hydrogens is 236 g/mol. The third-order valence-corrected chi connectivity index (χ3v) is 3.59. The van der Waals surface area contributed by atoms with E-state index in [1.54, 1.807) is 0 Å². The third-order valence-electron chi connectivity index (χ3n) is 3.59. The molecule has 0 aliphatic heterocycles. The molecule has 0 fully saturated rings. The van der Waals surface area contributed by atoms with Gasteiger partial charge >= 0.3 is 5.97 Å². The number of methoxy groups -OCH3 is 1. The molecule has 0 spiro atoms. The molecule has 0 bridgehead atoms. The van der Waals surface area contributed by atoms with Crippen LogP contribution in [0.1, 0.15) is 78.1 Å². The molecule has 0 N–H and O–H groups in total. The van der Waals surface area contributed by atoms with Gasteiger partial charge in [0.15, 0.2) is 0 Å². The molecule has 0 rings (SSSR count). The summed E-state index contributed by atoms with van der Waals surface area (Å²) in [6.07, 6.45) is 16.4. The molecule has 0 heterocycles. The van der Waals surface area contributed by atoms with Crippen molar-refractivity contribution in [3.63, 3.8) is 0 Å². The zero-order valence-corrected chi connectivity index (χ0v) is 13.1. The summed E-state index contributed by atoms with van der Waals surface area (Å²) >= 11 is 0. The van der Waals surface area contributed by atoms with Gasteiger partial charge < -0.3 is 4.74 Å². The fraction of sp³-hybridized carbons (Fsp3) is 0.824. The molecule has 1 atom stereocenters. The summed E-state index contributed by atoms with van der Waals surface area (Å²) in [6.45, 7) is 4.50. The lowest BCUT2D eigenvalue weighted by Crippen LogP contribution is -1.99. The quantitative estimate of drug-likeness (QED) is 0.274. The number of carbonyl (C=O) groups excluding carboxylic acids is 1. The number of hydrogen-bond donors (Lipinski definition) is 0. The fourth-order valence-electron chi connectivity index (χ4n) is 1.98. The Morgan fingerprint density at radius 3 is 2.21 bits per heavy atom. The molecule has 1 unspecified atom stereocenters. The number of allylic oxidation sites excluding steroid dienone is 2. The maximum atomic E-state index is 10.9. The number of unbranched alkanes of at least 4 members (excludes halogenated alkanes) is 7. The summed E-state index contributed by atoms with van der Waals surface area (Å²) in [5.74, 6) is 0.655. The van der Waals surface area contributed by atoms with Crippen LogP contribution in [-0.2, 0) is 9.53 Å². The summed E-state index contributed by atoms with van der Waals surface area (Å²) in [5.41, 5.74) is 0. The highest BCUT2D eigenvalue weighted by Crippen LogP contribution is 2.11. The van der Waals surface area contributed by atoms with Gasteiger partial charge in [0.1, 0.15) is 0 Å². The summed E-state index contributed by atoms with van der Waals surface area (Å²) in [5, 5.41) is 0. The Kier molecular flexibility index (Phi) is 13.1. The van der Waals surface area contributed by atoms with Gasteiger partial charge in [0.05, 0.1) is 7.11 Å². The molecule has 0 amide bonds. The van der Waals surface area contributed by atoms with E-state index in [0.29, 0.717) is 6.42 Å². The van der Waals surface area contributed by atoms with Gasteiger partial charge in [-0.3, -0.25) is 4.79 Å². The van der Waals surface area contributed by atoms with Crippen LogP contribution in [0.15, 0.2) is 12.2 Å². The van der Waals surface area contributed by atoms with Gasteiger partial charge in [-0.05, 0) is 25.2 Å². The SMILES string of the molecule is CCC(C)C=CCCCCCCCCCC(=O)OC. The smallest absolute Gasteiger partial charge is 0.305 e. The van der Waals surface area contributed by atoms with Crippen LogP contribution in [0.2, 0.25) is 0 Å². The molecule has 0 aliphatic carbocycles. The standard InChI is InChI=1S/C17H32O2/c1-4-16(2)14-12-10-8-6-5-7-9-11-13-15-17(18)19-3/h12,14,16H,4-11,13,15H2,1-3H3. The number of carbonyl (C=O) groups is 1. The van der Waals surface area contributed by atoms with Gasteiger partial charge in [-0.25, -0.2) is 0 Å². The van der Waals surface area contributed by atoms with Gasteiger partial charge in [0, 0.05) is 6.42 Å². The predicted molar refractivity (Wildman–Crippen MR) is 82.2 cm³/mol. The second-order valence-electron chi connectivity index (χ2n) is 5.40. The monoisotopic (exact) mass is 268 g/mol. The Morgan fingerprint density at radius 2 is 1.63 bits per heavy atom. The lowest BCUT2D eigenvalue weighted by atomic mass is 10.1. The minimum atomic E-state index is -0.0758. The van der Waals surface area contributed by atoms with Gasteiger partial charge in [0.25, 0.3) is 0 Å². The van der Waals surface area contributed by atoms with E-state index in [4.69, 9.17) is 0 Å². The fourth-order valence-corrected chi connectivity index (χ4v) is 1.98. The van der Waals surface area contributed by atoms with E-state index in [2.05, 4.69) is 30.7 Å². The van der Waals surface area contributed by atoms with E-state index in [0.717, 1.165) is 18.8 Å². The van der Waals surface area contributed by atoms with Crippen LogP contribution in [0.3, 0.4) is 0 Å². The van der Waals surface area contributed by atoms with Crippen LogP contribution < -0.4 is 0 Å². The van der Waals surface area contributed by atoms with Crippen LogP contribution in [0, 0.1) is 5.92 Å². The lowest BCUT2D eigenvalue weighted by Gasteiger charge is -2.02. The summed E-state index contributed by atoms with van der Waals surface area (Å²) in [6, 6.07) is 0. The van der Waals surface area contributed by atoms with E-state index in [1.165, 1.54) is 52.1 Å². The molecule has 0 saturated heterocycles. The largest absolute Gasteiger partial charge is 0.469 e. The molecule has 2 nitrogen and oxygen atoms in total. The molecule has 0 saturated carbocycles. The van der Waals surface area contributed by atoms with Crippen molar-refractivity contribution in [1.82, 2.24) is 0 Å². The van der Waals surface area contributed by atoms with Crippen LogP contribution >= 0.6 is 0 Å². The minimum absolute atomic E-state index is 0.0758. The lowest BCUT2D eigenvalue weighted by molar-refractivity contribution is -0.140. The first-order valence-corrected chi connectivity index (χ1v) is 7.94. The van der Waals surface area contributed by atoms with Crippen LogP contribution in [0.25, 0.3) is 0 Å².